The Balaban J connectivity index is 1.88. The first-order chi connectivity index (χ1) is 14.8. The van der Waals surface area contributed by atoms with E-state index in [1.165, 1.54) is 9.87 Å². The van der Waals surface area contributed by atoms with Gasteiger partial charge < -0.3 is 5.32 Å². The van der Waals surface area contributed by atoms with E-state index in [2.05, 4.69) is 24.4 Å². The Labute approximate surface area is 184 Å². The normalized spacial score (nSPS) is 12.2. The quantitative estimate of drug-likeness (QED) is 0.556. The van der Waals surface area contributed by atoms with Crippen LogP contribution in [-0.4, -0.2) is 20.6 Å². The van der Waals surface area contributed by atoms with Crippen LogP contribution in [0.25, 0.3) is 0 Å². The maximum atomic E-state index is 13.1. The molecule has 0 aliphatic heterocycles. The van der Waals surface area contributed by atoms with Crippen LogP contribution in [0.5, 0.6) is 0 Å². The number of benzene rings is 3. The first kappa shape index (κ1) is 22.6. The third-order valence-corrected chi connectivity index (χ3v) is 6.35. The van der Waals surface area contributed by atoms with E-state index in [4.69, 9.17) is 0 Å². The van der Waals surface area contributed by atoms with E-state index in [1.54, 1.807) is 24.3 Å². The van der Waals surface area contributed by atoms with Gasteiger partial charge in [-0.2, -0.15) is 0 Å². The molecule has 0 aliphatic carbocycles. The van der Waals surface area contributed by atoms with E-state index in [9.17, 15) is 13.2 Å². The second kappa shape index (κ2) is 9.79. The third kappa shape index (κ3) is 5.73. The first-order valence-corrected chi connectivity index (χ1v) is 12.1. The van der Waals surface area contributed by atoms with E-state index in [0.717, 1.165) is 23.8 Å². The maximum absolute atomic E-state index is 13.1. The van der Waals surface area contributed by atoms with Crippen LogP contribution in [0.15, 0.2) is 78.9 Å². The van der Waals surface area contributed by atoms with Gasteiger partial charge in [-0.05, 0) is 42.2 Å². The Kier molecular flexibility index (Phi) is 7.13. The summed E-state index contributed by atoms with van der Waals surface area (Å²) in [5.41, 5.74) is 3.75. The molecule has 0 radical (unpaired) electrons. The topological polar surface area (TPSA) is 66.5 Å². The highest BCUT2D eigenvalue weighted by Gasteiger charge is 2.24. The summed E-state index contributed by atoms with van der Waals surface area (Å²) in [4.78, 5) is 13.1. The monoisotopic (exact) mass is 436 g/mol. The fourth-order valence-corrected chi connectivity index (χ4v) is 4.31. The van der Waals surface area contributed by atoms with E-state index in [1.807, 2.05) is 49.4 Å². The van der Waals surface area contributed by atoms with Gasteiger partial charge in [0.15, 0.2) is 0 Å². The van der Waals surface area contributed by atoms with Crippen LogP contribution >= 0.6 is 0 Å². The van der Waals surface area contributed by atoms with E-state index in [0.29, 0.717) is 11.3 Å². The summed E-state index contributed by atoms with van der Waals surface area (Å²) in [7, 11) is -3.61. The molecule has 3 aromatic carbocycles. The van der Waals surface area contributed by atoms with Crippen molar-refractivity contribution in [2.24, 2.45) is 0 Å². The number of hydrogen-bond donors (Lipinski definition) is 1. The van der Waals surface area contributed by atoms with Crippen molar-refractivity contribution in [3.05, 3.63) is 101 Å². The highest BCUT2D eigenvalue weighted by Crippen LogP contribution is 2.26. The minimum atomic E-state index is -3.61. The number of nitrogens with one attached hydrogen (secondary N) is 1. The zero-order valence-electron chi connectivity index (χ0n) is 18.1. The van der Waals surface area contributed by atoms with Gasteiger partial charge in [-0.15, -0.1) is 0 Å². The fourth-order valence-electron chi connectivity index (χ4n) is 3.41. The molecule has 6 heteroatoms. The molecule has 0 aromatic heterocycles. The molecule has 162 valence electrons. The molecule has 0 fully saturated rings. The average Bonchev–Trinajstić information content (AvgIpc) is 2.77. The summed E-state index contributed by atoms with van der Waals surface area (Å²) in [6, 6.07) is 24.0. The van der Waals surface area contributed by atoms with Crippen LogP contribution in [0.4, 0.5) is 5.69 Å². The smallest absolute Gasteiger partial charge is 0.253 e. The number of amides is 1. The lowest BCUT2D eigenvalue weighted by molar-refractivity contribution is 0.0940. The van der Waals surface area contributed by atoms with Gasteiger partial charge in [0.1, 0.15) is 0 Å². The molecule has 0 bridgehead atoms. The molecular weight excluding hydrogens is 408 g/mol. The molecule has 0 spiro atoms. The van der Waals surface area contributed by atoms with Crippen LogP contribution < -0.4 is 9.62 Å². The Morgan fingerprint density at radius 2 is 1.52 bits per heavy atom. The van der Waals surface area contributed by atoms with Crippen molar-refractivity contribution in [2.45, 2.75) is 32.9 Å². The molecule has 1 N–H and O–H groups in total. The van der Waals surface area contributed by atoms with Gasteiger partial charge in [-0.3, -0.25) is 9.10 Å². The van der Waals surface area contributed by atoms with E-state index in [-0.39, 0.29) is 18.5 Å². The Hall–Kier alpha value is -3.12. The summed E-state index contributed by atoms with van der Waals surface area (Å²) in [6.45, 7) is 4.16. The van der Waals surface area contributed by atoms with Crippen LogP contribution in [0.1, 0.15) is 46.9 Å². The van der Waals surface area contributed by atoms with Crippen LogP contribution in [0.2, 0.25) is 0 Å². The molecule has 0 saturated heterocycles. The van der Waals surface area contributed by atoms with Crippen molar-refractivity contribution in [3.63, 3.8) is 0 Å². The van der Waals surface area contributed by atoms with Gasteiger partial charge in [-0.25, -0.2) is 8.42 Å². The van der Waals surface area contributed by atoms with Gasteiger partial charge in [0.2, 0.25) is 10.0 Å². The second-order valence-electron chi connectivity index (χ2n) is 7.56. The van der Waals surface area contributed by atoms with Crippen LogP contribution in [0.3, 0.4) is 0 Å². The summed E-state index contributed by atoms with van der Waals surface area (Å²) in [5, 5.41) is 3.00. The van der Waals surface area contributed by atoms with Crippen molar-refractivity contribution in [2.75, 3.05) is 10.6 Å². The van der Waals surface area contributed by atoms with Crippen molar-refractivity contribution in [3.8, 4) is 0 Å². The molecule has 3 aromatic rings. The number of carbonyl (C=O) groups excluding carboxylic acids is 1. The van der Waals surface area contributed by atoms with Gasteiger partial charge in [-0.1, -0.05) is 73.7 Å². The van der Waals surface area contributed by atoms with Crippen molar-refractivity contribution in [1.29, 1.82) is 0 Å². The summed E-state index contributed by atoms with van der Waals surface area (Å²) in [6.07, 6.45) is 2.11. The molecule has 1 atom stereocenters. The van der Waals surface area contributed by atoms with Crippen molar-refractivity contribution in [1.82, 2.24) is 5.32 Å². The molecule has 3 rings (SSSR count). The van der Waals surface area contributed by atoms with E-state index >= 15 is 0 Å². The zero-order chi connectivity index (χ0) is 22.4. The van der Waals surface area contributed by atoms with Crippen LogP contribution in [0, 0.1) is 0 Å². The minimum absolute atomic E-state index is 0.151. The second-order valence-corrected chi connectivity index (χ2v) is 9.47. The number of anilines is 1. The molecule has 1 amide bonds. The Morgan fingerprint density at radius 1 is 0.903 bits per heavy atom. The Morgan fingerprint density at radius 3 is 2.13 bits per heavy atom. The van der Waals surface area contributed by atoms with Crippen molar-refractivity contribution >= 4 is 21.6 Å². The molecule has 5 nitrogen and oxygen atoms in total. The number of rotatable bonds is 8. The fraction of sp³-hybridized carbons (Fsp3) is 0.240. The van der Waals surface area contributed by atoms with Gasteiger partial charge in [0.05, 0.1) is 30.1 Å². The lowest BCUT2D eigenvalue weighted by Gasteiger charge is -2.25. The van der Waals surface area contributed by atoms with E-state index < -0.39 is 10.0 Å². The summed E-state index contributed by atoms with van der Waals surface area (Å²) < 4.78 is 26.5. The zero-order valence-corrected chi connectivity index (χ0v) is 18.9. The molecule has 0 unspecified atom stereocenters. The van der Waals surface area contributed by atoms with Gasteiger partial charge >= 0.3 is 0 Å². The largest absolute Gasteiger partial charge is 0.345 e. The number of nitrogens with zero attached hydrogens (tertiary/aromatic N) is 1. The standard InChI is InChI=1S/C25H28N2O3S/c1-4-20-14-16-22(17-15-20)19(2)26-25(28)23-12-8-9-13-24(23)27(31(3,29)30)18-21-10-6-5-7-11-21/h5-17,19H,4,18H2,1-3H3,(H,26,28)/t19-/m1/s1. The number of para-hydroxylation sites is 1. The molecule has 0 heterocycles. The molecule has 0 aliphatic rings. The SMILES string of the molecule is CCc1ccc([C@@H](C)NC(=O)c2ccccc2N(Cc2ccccc2)S(C)(=O)=O)cc1. The van der Waals surface area contributed by atoms with Gasteiger partial charge in [0, 0.05) is 0 Å². The Bertz CT molecular complexity index is 1130. The minimum Gasteiger partial charge on any atom is -0.345 e. The lowest BCUT2D eigenvalue weighted by Crippen LogP contribution is -2.33. The average molecular weight is 437 g/mol. The highest BCUT2D eigenvalue weighted by atomic mass is 32.2. The summed E-state index contributed by atoms with van der Waals surface area (Å²) >= 11 is 0. The predicted molar refractivity (Wildman–Crippen MR) is 126 cm³/mol. The highest BCUT2D eigenvalue weighted by molar-refractivity contribution is 7.92. The van der Waals surface area contributed by atoms with Crippen molar-refractivity contribution < 1.29 is 13.2 Å². The number of aryl methyl sites for hydroxylation is 1. The molecular formula is C25H28N2O3S. The first-order valence-electron chi connectivity index (χ1n) is 10.3. The molecule has 0 saturated carbocycles. The number of carbonyl (C=O) groups is 1. The summed E-state index contributed by atoms with van der Waals surface area (Å²) in [5.74, 6) is -0.315. The lowest BCUT2D eigenvalue weighted by atomic mass is 10.0. The maximum Gasteiger partial charge on any atom is 0.253 e. The van der Waals surface area contributed by atoms with Gasteiger partial charge in [0.25, 0.3) is 5.91 Å². The number of hydrogen-bond acceptors (Lipinski definition) is 3. The number of sulfonamides is 1. The predicted octanol–water partition coefficient (Wildman–Crippen LogP) is 4.71. The molecule has 31 heavy (non-hydrogen) atoms. The van der Waals surface area contributed by atoms with Crippen LogP contribution in [-0.2, 0) is 23.0 Å². The third-order valence-electron chi connectivity index (χ3n) is 5.22.